The van der Waals surface area contributed by atoms with Crippen molar-refractivity contribution in [1.29, 1.82) is 0 Å². The number of hydrogen-bond donors (Lipinski definition) is 0. The number of nitrogens with zero attached hydrogens (tertiary/aromatic N) is 2. The summed E-state index contributed by atoms with van der Waals surface area (Å²) in [5.41, 5.74) is 41.3. The van der Waals surface area contributed by atoms with Gasteiger partial charge in [-0.15, -0.1) is 0 Å². The van der Waals surface area contributed by atoms with E-state index in [2.05, 4.69) is 413 Å². The van der Waals surface area contributed by atoms with Gasteiger partial charge in [-0.3, -0.25) is 0 Å². The van der Waals surface area contributed by atoms with Crippen LogP contribution in [0.5, 0.6) is 0 Å². The van der Waals surface area contributed by atoms with Crippen LogP contribution in [-0.4, -0.2) is 0 Å². The van der Waals surface area contributed by atoms with Gasteiger partial charge in [0.05, 0.1) is 10.8 Å². The van der Waals surface area contributed by atoms with Crippen LogP contribution in [0.2, 0.25) is 0 Å². The molecule has 2 nitrogen and oxygen atoms in total. The second-order valence-corrected chi connectivity index (χ2v) is 29.0. The molecule has 5 aliphatic rings. The third-order valence-electron chi connectivity index (χ3n) is 23.3. The van der Waals surface area contributed by atoms with Gasteiger partial charge < -0.3 is 9.80 Å². The Morgan fingerprint density at radius 1 is 0.173 bits per heavy atom. The van der Waals surface area contributed by atoms with Crippen LogP contribution in [0, 0.1) is 6.92 Å². The Bertz CT molecular complexity index is 5850. The summed E-state index contributed by atoms with van der Waals surface area (Å²) >= 11 is 0. The van der Waals surface area contributed by atoms with Crippen LogP contribution in [0.15, 0.2) is 382 Å². The number of rotatable bonds is 9. The molecule has 0 aliphatic heterocycles. The molecule has 16 aromatic rings. The molecule has 0 N–H and O–H groups in total. The Morgan fingerprint density at radius 3 is 0.702 bits per heavy atom. The predicted molar refractivity (Wildman–Crippen MR) is 433 cm³/mol. The first kappa shape index (κ1) is 61.0. The van der Waals surface area contributed by atoms with Crippen molar-refractivity contribution in [1.82, 2.24) is 0 Å². The molecular formula is C102H72N2. The van der Waals surface area contributed by atoms with Crippen LogP contribution >= 0.6 is 0 Å². The molecule has 0 atom stereocenters. The van der Waals surface area contributed by atoms with Gasteiger partial charge in [-0.25, -0.2) is 0 Å². The van der Waals surface area contributed by atoms with Gasteiger partial charge in [0.2, 0.25) is 0 Å². The maximum absolute atomic E-state index is 2.50. The molecule has 21 rings (SSSR count). The highest BCUT2D eigenvalue weighted by atomic mass is 15.1. The third-order valence-corrected chi connectivity index (χ3v) is 23.3. The third kappa shape index (κ3) is 9.14. The average molecular weight is 1330 g/mol. The molecule has 0 heterocycles. The lowest BCUT2D eigenvalue weighted by atomic mass is 9.70. The van der Waals surface area contributed by atoms with E-state index in [1.165, 1.54) is 150 Å². The largest absolute Gasteiger partial charge is 0.310 e. The summed E-state index contributed by atoms with van der Waals surface area (Å²) in [7, 11) is 0. The lowest BCUT2D eigenvalue weighted by Crippen LogP contribution is -2.26. The van der Waals surface area contributed by atoms with E-state index < -0.39 is 10.8 Å². The van der Waals surface area contributed by atoms with Gasteiger partial charge >= 0.3 is 0 Å². The van der Waals surface area contributed by atoms with Crippen molar-refractivity contribution in [3.63, 3.8) is 0 Å². The minimum atomic E-state index is -0.405. The molecule has 0 saturated heterocycles. The smallest absolute Gasteiger partial charge is 0.0726 e. The highest BCUT2D eigenvalue weighted by Crippen LogP contribution is 2.66. The molecule has 0 saturated carbocycles. The minimum Gasteiger partial charge on any atom is -0.310 e. The molecule has 490 valence electrons. The summed E-state index contributed by atoms with van der Waals surface area (Å²) in [6, 6.07) is 142. The minimum absolute atomic E-state index is 0.107. The van der Waals surface area contributed by atoms with Gasteiger partial charge in [-0.2, -0.15) is 0 Å². The second kappa shape index (κ2) is 23.9. The molecule has 0 amide bonds. The van der Waals surface area contributed by atoms with E-state index in [0.29, 0.717) is 0 Å². The average Bonchev–Trinajstić information content (AvgIpc) is 1.52. The Kier molecular flexibility index (Phi) is 14.0. The SMILES string of the molecule is Cc1ccc(-c2ccc(N(c3ccc4c(c3)C(C)(C)c3ccccc3-4)c3ccc4c(c3)C3(c5ccccc5-c5ccccc53)c3ccccc3-4)cc2)cc1.c1ccc(-c2ccc(N(c3ccc(-c4ccccc4)cc3)c3ccc4c(c3)C3(c5ccccc5-c5ccccc53)c3ccccc3-4)cc2)cc1. The monoisotopic (exact) mass is 1320 g/mol. The molecule has 16 aromatic carbocycles. The van der Waals surface area contributed by atoms with Crippen molar-refractivity contribution in [2.24, 2.45) is 0 Å². The van der Waals surface area contributed by atoms with Gasteiger partial charge in [0.15, 0.2) is 0 Å². The highest BCUT2D eigenvalue weighted by Gasteiger charge is 2.53. The Labute approximate surface area is 609 Å². The van der Waals surface area contributed by atoms with Gasteiger partial charge in [0.25, 0.3) is 0 Å². The normalized spacial score (nSPS) is 13.8. The quantitative estimate of drug-likeness (QED) is 0.142. The van der Waals surface area contributed by atoms with E-state index in [9.17, 15) is 0 Å². The number of benzene rings is 16. The zero-order valence-electron chi connectivity index (χ0n) is 58.3. The molecule has 0 aromatic heterocycles. The van der Waals surface area contributed by atoms with Crippen molar-refractivity contribution < 1.29 is 0 Å². The maximum Gasteiger partial charge on any atom is 0.0726 e. The van der Waals surface area contributed by atoms with Crippen LogP contribution in [0.3, 0.4) is 0 Å². The van der Waals surface area contributed by atoms with Crippen molar-refractivity contribution in [3.05, 3.63) is 443 Å². The summed E-state index contributed by atoms with van der Waals surface area (Å²) in [5, 5.41) is 0. The van der Waals surface area contributed by atoms with Gasteiger partial charge in [-0.1, -0.05) is 329 Å². The first-order valence-electron chi connectivity index (χ1n) is 36.5. The Morgan fingerprint density at radius 2 is 0.385 bits per heavy atom. The second-order valence-electron chi connectivity index (χ2n) is 29.0. The van der Waals surface area contributed by atoms with Gasteiger partial charge in [-0.05, 0) is 224 Å². The molecule has 2 spiro atoms. The number of hydrogen-bond acceptors (Lipinski definition) is 2. The first-order chi connectivity index (χ1) is 51.2. The fourth-order valence-corrected chi connectivity index (χ4v) is 18.6. The topological polar surface area (TPSA) is 6.48 Å². The number of fused-ring (bicyclic) bond motifs is 23. The summed E-state index contributed by atoms with van der Waals surface area (Å²) in [6.07, 6.45) is 0. The molecule has 2 heteroatoms. The zero-order valence-corrected chi connectivity index (χ0v) is 58.3. The van der Waals surface area contributed by atoms with E-state index in [4.69, 9.17) is 0 Å². The molecule has 0 unspecified atom stereocenters. The fourth-order valence-electron chi connectivity index (χ4n) is 18.6. The molecular weight excluding hydrogens is 1250 g/mol. The highest BCUT2D eigenvalue weighted by molar-refractivity contribution is 5.99. The lowest BCUT2D eigenvalue weighted by Gasteiger charge is -2.32. The summed E-state index contributed by atoms with van der Waals surface area (Å²) in [6.45, 7) is 6.88. The zero-order chi connectivity index (χ0) is 69.3. The van der Waals surface area contributed by atoms with Crippen LogP contribution in [0.4, 0.5) is 34.1 Å². The lowest BCUT2D eigenvalue weighted by molar-refractivity contribution is 0.660. The molecule has 0 fully saturated rings. The Hall–Kier alpha value is -12.9. The van der Waals surface area contributed by atoms with E-state index in [-0.39, 0.29) is 5.41 Å². The standard InChI is InChI=1S/C53H39N.C49H33N/c1-34-20-22-35(23-21-34)36-24-26-37(27-25-36)54(38-28-30-44-40-12-4-8-16-46(40)52(2,3)50(44)32-38)39-29-31-45-43-15-7-11-19-49(43)53(51(45)33-39)47-17-9-5-13-41(47)42-14-6-10-18-48(42)53;1-3-13-34(14-4-1)36-23-27-38(28-24-36)50(39-29-25-37(26-30-39)35-15-5-2-6-16-35)40-31-32-44-43-19-9-12-22-47(43)49(48(44)33-40)45-20-10-7-17-41(45)42-18-8-11-21-46(42)49/h4-33H,1-3H3;1-33H. The maximum atomic E-state index is 2.50. The first-order valence-corrected chi connectivity index (χ1v) is 36.5. The summed E-state index contributed by atoms with van der Waals surface area (Å²) in [5.74, 6) is 0. The van der Waals surface area contributed by atoms with Crippen LogP contribution in [0.25, 0.3) is 89.0 Å². The van der Waals surface area contributed by atoms with E-state index >= 15 is 0 Å². The summed E-state index contributed by atoms with van der Waals surface area (Å²) < 4.78 is 0. The molecule has 0 radical (unpaired) electrons. The molecule has 5 aliphatic carbocycles. The van der Waals surface area contributed by atoms with E-state index in [1.807, 2.05) is 0 Å². The van der Waals surface area contributed by atoms with Gasteiger partial charge in [0, 0.05) is 39.5 Å². The van der Waals surface area contributed by atoms with Crippen LogP contribution in [-0.2, 0) is 16.2 Å². The summed E-state index contributed by atoms with van der Waals surface area (Å²) in [4.78, 5) is 4.88. The van der Waals surface area contributed by atoms with E-state index in [1.54, 1.807) is 0 Å². The molecule has 104 heavy (non-hydrogen) atoms. The van der Waals surface area contributed by atoms with E-state index in [0.717, 1.165) is 34.1 Å². The van der Waals surface area contributed by atoms with Gasteiger partial charge in [0.1, 0.15) is 0 Å². The van der Waals surface area contributed by atoms with Crippen molar-refractivity contribution in [2.45, 2.75) is 37.0 Å². The number of anilines is 6. The van der Waals surface area contributed by atoms with Crippen molar-refractivity contribution in [2.75, 3.05) is 9.80 Å². The fraction of sp³-hybridized carbons (Fsp3) is 0.0588. The predicted octanol–water partition coefficient (Wildman–Crippen LogP) is 26.6. The van der Waals surface area contributed by atoms with Crippen molar-refractivity contribution >= 4 is 34.1 Å². The molecule has 0 bridgehead atoms. The Balaban J connectivity index is 0.000000139. The van der Waals surface area contributed by atoms with Crippen LogP contribution < -0.4 is 9.80 Å². The van der Waals surface area contributed by atoms with Crippen molar-refractivity contribution in [3.8, 4) is 89.0 Å². The van der Waals surface area contributed by atoms with Crippen LogP contribution in [0.1, 0.15) is 75.0 Å². The number of aryl methyl sites for hydroxylation is 1.